The third-order valence-electron chi connectivity index (χ3n) is 7.83. The van der Waals surface area contributed by atoms with Crippen molar-refractivity contribution >= 4 is 19.8 Å². The van der Waals surface area contributed by atoms with Gasteiger partial charge in [0.05, 0.1) is 25.9 Å². The largest absolute Gasteiger partial charge is 0.472 e. The van der Waals surface area contributed by atoms with Gasteiger partial charge in [0.15, 0.2) is 6.10 Å². The van der Waals surface area contributed by atoms with Crippen LogP contribution in [0.15, 0.2) is 97.2 Å². The third-order valence-corrected chi connectivity index (χ3v) is 8.78. The molecule has 0 heterocycles. The zero-order chi connectivity index (χ0) is 41.4. The fraction of sp³-hybridized carbons (Fsp3) is 0.591. The third kappa shape index (κ3) is 37.8. The average molecular weight is 807 g/mol. The van der Waals surface area contributed by atoms with Crippen LogP contribution >= 0.6 is 7.82 Å². The van der Waals surface area contributed by atoms with Crippen LogP contribution in [-0.2, 0) is 32.7 Å². The van der Waals surface area contributed by atoms with Crippen molar-refractivity contribution in [3.05, 3.63) is 97.2 Å². The Kier molecular flexibility index (Phi) is 36.5. The van der Waals surface area contributed by atoms with Gasteiger partial charge in [-0.25, -0.2) is 4.57 Å². The standard InChI is InChI=1S/C44H71O11P/c1-3-5-7-9-11-13-15-17-18-20-22-24-26-28-30-34-44(49)55-42(39-54-56(50,51)53-37-41(47)36-45)38-52-43(48)35-31-33-40(46)32-29-27-25-23-21-19-16-14-12-10-8-6-4-2/h6,8,11-14,17-19,21-22,24-25,27,29,32,40-42,45-47H,3-5,7,9-10,15-16,20,23,26,28,30-31,33-39H2,1-2H3,(H,50,51)/b8-6-,13-11-,14-12-,18-17-,21-19-,24-22-,27-25-,32-29+/t40?,41-,42+/m0/s1. The summed E-state index contributed by atoms with van der Waals surface area (Å²) in [5, 5.41) is 28.5. The summed E-state index contributed by atoms with van der Waals surface area (Å²) in [6.07, 6.45) is 42.7. The molecule has 318 valence electrons. The number of esters is 2. The molecule has 0 rings (SSSR count). The maximum Gasteiger partial charge on any atom is 0.472 e. The second-order valence-corrected chi connectivity index (χ2v) is 14.6. The molecule has 0 spiro atoms. The van der Waals surface area contributed by atoms with Crippen LogP contribution in [-0.4, -0.2) is 76.9 Å². The number of phosphoric ester groups is 1. The first-order valence-corrected chi connectivity index (χ1v) is 21.8. The van der Waals surface area contributed by atoms with Crippen molar-refractivity contribution in [1.29, 1.82) is 0 Å². The van der Waals surface area contributed by atoms with Gasteiger partial charge in [-0.15, -0.1) is 0 Å². The predicted octanol–water partition coefficient (Wildman–Crippen LogP) is 9.41. The van der Waals surface area contributed by atoms with Crippen LogP contribution in [0.3, 0.4) is 0 Å². The summed E-state index contributed by atoms with van der Waals surface area (Å²) < 4.78 is 32.5. The molecule has 11 nitrogen and oxygen atoms in total. The molecule has 0 aliphatic carbocycles. The van der Waals surface area contributed by atoms with E-state index in [1.807, 2.05) is 12.2 Å². The molecule has 56 heavy (non-hydrogen) atoms. The first-order valence-electron chi connectivity index (χ1n) is 20.3. The highest BCUT2D eigenvalue weighted by atomic mass is 31.2. The van der Waals surface area contributed by atoms with Crippen LogP contribution in [0.4, 0.5) is 0 Å². The minimum Gasteiger partial charge on any atom is -0.462 e. The van der Waals surface area contributed by atoms with Gasteiger partial charge < -0.3 is 29.7 Å². The van der Waals surface area contributed by atoms with E-state index in [0.29, 0.717) is 19.3 Å². The molecule has 12 heteroatoms. The quantitative estimate of drug-likeness (QED) is 0.0156. The first kappa shape index (κ1) is 52.9. The number of ether oxygens (including phenoxy) is 2. The van der Waals surface area contributed by atoms with Gasteiger partial charge in [-0.05, 0) is 83.5 Å². The number of carbonyl (C=O) groups is 2. The summed E-state index contributed by atoms with van der Waals surface area (Å²) in [6, 6.07) is 0. The Morgan fingerprint density at radius 3 is 1.75 bits per heavy atom. The van der Waals surface area contributed by atoms with Crippen molar-refractivity contribution in [2.45, 2.75) is 141 Å². The highest BCUT2D eigenvalue weighted by Crippen LogP contribution is 2.43. The van der Waals surface area contributed by atoms with E-state index >= 15 is 0 Å². The topological polar surface area (TPSA) is 169 Å². The molecule has 4 atom stereocenters. The Bertz CT molecular complexity index is 1270. The number of allylic oxidation sites excluding steroid dienone is 15. The molecule has 2 unspecified atom stereocenters. The lowest BCUT2D eigenvalue weighted by Crippen LogP contribution is -2.30. The molecular formula is C44H71O11P. The zero-order valence-electron chi connectivity index (χ0n) is 33.9. The summed E-state index contributed by atoms with van der Waals surface area (Å²) in [5.41, 5.74) is 0. The van der Waals surface area contributed by atoms with Crippen LogP contribution in [0.25, 0.3) is 0 Å². The van der Waals surface area contributed by atoms with Gasteiger partial charge in [0, 0.05) is 12.8 Å². The van der Waals surface area contributed by atoms with E-state index in [4.69, 9.17) is 19.1 Å². The lowest BCUT2D eigenvalue weighted by molar-refractivity contribution is -0.161. The van der Waals surface area contributed by atoms with Gasteiger partial charge >= 0.3 is 19.8 Å². The maximum atomic E-state index is 12.6. The lowest BCUT2D eigenvalue weighted by atomic mass is 10.1. The maximum absolute atomic E-state index is 12.6. The Balaban J connectivity index is 4.63. The van der Waals surface area contributed by atoms with E-state index < -0.39 is 64.5 Å². The summed E-state index contributed by atoms with van der Waals surface area (Å²) in [7, 11) is -4.68. The molecule has 0 bridgehead atoms. The second kappa shape index (κ2) is 38.7. The van der Waals surface area contributed by atoms with Crippen molar-refractivity contribution in [3.63, 3.8) is 0 Å². The Labute approximate surface area is 336 Å². The summed E-state index contributed by atoms with van der Waals surface area (Å²) in [4.78, 5) is 34.9. The van der Waals surface area contributed by atoms with Crippen molar-refractivity contribution in [2.24, 2.45) is 0 Å². The Hall–Kier alpha value is -3.15. The van der Waals surface area contributed by atoms with Crippen LogP contribution in [0.2, 0.25) is 0 Å². The monoisotopic (exact) mass is 806 g/mol. The molecule has 0 saturated carbocycles. The molecule has 0 fully saturated rings. The predicted molar refractivity (Wildman–Crippen MR) is 225 cm³/mol. The van der Waals surface area contributed by atoms with Crippen molar-refractivity contribution < 1.29 is 52.9 Å². The normalized spacial score (nSPS) is 15.5. The Morgan fingerprint density at radius 2 is 1.16 bits per heavy atom. The SMILES string of the molecule is CC/C=C\C/C=C\C/C=C\C/C=C\C=C\C(O)CCCC(=O)OC[C@H](COP(=O)(O)OC[C@@H](O)CO)OC(=O)CCCC/C=C\C/C=C\C/C=C\CCCCC. The number of phosphoric acid groups is 1. The van der Waals surface area contributed by atoms with Gasteiger partial charge in [0.25, 0.3) is 0 Å². The van der Waals surface area contributed by atoms with Gasteiger partial charge in [-0.2, -0.15) is 0 Å². The molecule has 0 radical (unpaired) electrons. The second-order valence-electron chi connectivity index (χ2n) is 13.1. The smallest absolute Gasteiger partial charge is 0.462 e. The fourth-order valence-electron chi connectivity index (χ4n) is 4.67. The van der Waals surface area contributed by atoms with Crippen molar-refractivity contribution in [3.8, 4) is 0 Å². The summed E-state index contributed by atoms with van der Waals surface area (Å²) in [6.45, 7) is 1.93. The minimum atomic E-state index is -4.68. The molecule has 0 saturated heterocycles. The van der Waals surface area contributed by atoms with Gasteiger partial charge in [0.1, 0.15) is 12.7 Å². The number of aliphatic hydroxyl groups excluding tert-OH is 3. The van der Waals surface area contributed by atoms with E-state index in [9.17, 15) is 29.3 Å². The Morgan fingerprint density at radius 1 is 0.625 bits per heavy atom. The van der Waals surface area contributed by atoms with Gasteiger partial charge in [-0.1, -0.05) is 124 Å². The highest BCUT2D eigenvalue weighted by Gasteiger charge is 2.27. The molecule has 0 aromatic heterocycles. The number of hydrogen-bond donors (Lipinski definition) is 4. The molecule has 0 aliphatic heterocycles. The number of rotatable bonds is 36. The van der Waals surface area contributed by atoms with E-state index in [1.165, 1.54) is 19.3 Å². The van der Waals surface area contributed by atoms with E-state index in [1.54, 1.807) is 12.2 Å². The molecule has 0 aromatic carbocycles. The number of aliphatic hydroxyl groups is 3. The van der Waals surface area contributed by atoms with Crippen LogP contribution in [0.1, 0.15) is 123 Å². The molecule has 0 aliphatic rings. The molecule has 0 amide bonds. The van der Waals surface area contributed by atoms with E-state index in [-0.39, 0.29) is 12.8 Å². The molecular weight excluding hydrogens is 735 g/mol. The van der Waals surface area contributed by atoms with Crippen LogP contribution < -0.4 is 0 Å². The van der Waals surface area contributed by atoms with Gasteiger partial charge in [-0.3, -0.25) is 18.6 Å². The van der Waals surface area contributed by atoms with E-state index in [2.05, 4.69) is 91.3 Å². The van der Waals surface area contributed by atoms with Crippen molar-refractivity contribution in [2.75, 3.05) is 26.4 Å². The minimum absolute atomic E-state index is 0.00344. The zero-order valence-corrected chi connectivity index (χ0v) is 34.8. The van der Waals surface area contributed by atoms with Crippen molar-refractivity contribution in [1.82, 2.24) is 0 Å². The van der Waals surface area contributed by atoms with Crippen LogP contribution in [0.5, 0.6) is 0 Å². The summed E-state index contributed by atoms with van der Waals surface area (Å²) >= 11 is 0. The van der Waals surface area contributed by atoms with E-state index in [0.717, 1.165) is 57.8 Å². The average Bonchev–Trinajstić information content (AvgIpc) is 3.18. The lowest BCUT2D eigenvalue weighted by Gasteiger charge is -2.20. The summed E-state index contributed by atoms with van der Waals surface area (Å²) in [5.74, 6) is -1.19. The molecule has 4 N–H and O–H groups in total. The number of carbonyl (C=O) groups excluding carboxylic acids is 2. The molecule has 0 aromatic rings. The number of unbranched alkanes of at least 4 members (excludes halogenated alkanes) is 5. The van der Waals surface area contributed by atoms with Gasteiger partial charge in [0.2, 0.25) is 0 Å². The fourth-order valence-corrected chi connectivity index (χ4v) is 5.46. The highest BCUT2D eigenvalue weighted by molar-refractivity contribution is 7.47. The van der Waals surface area contributed by atoms with Crippen LogP contribution in [0, 0.1) is 0 Å². The number of hydrogen-bond acceptors (Lipinski definition) is 10. The first-order chi connectivity index (χ1) is 27.1.